The van der Waals surface area contributed by atoms with Crippen molar-refractivity contribution in [1.29, 1.82) is 0 Å². The van der Waals surface area contributed by atoms with Gasteiger partial charge in [0.25, 0.3) is 5.56 Å². The van der Waals surface area contributed by atoms with Gasteiger partial charge in [-0.25, -0.2) is 0 Å². The molecule has 2 fully saturated rings. The summed E-state index contributed by atoms with van der Waals surface area (Å²) in [4.78, 5) is 16.2. The van der Waals surface area contributed by atoms with Crippen LogP contribution in [0.15, 0.2) is 16.2 Å². The Hall–Kier alpha value is -0.940. The van der Waals surface area contributed by atoms with Crippen molar-refractivity contribution in [2.24, 2.45) is 16.7 Å². The van der Waals surface area contributed by atoms with Crippen molar-refractivity contribution in [2.75, 3.05) is 0 Å². The van der Waals surface area contributed by atoms with Crippen LogP contribution in [0, 0.1) is 21.5 Å². The van der Waals surface area contributed by atoms with Gasteiger partial charge in [-0.2, -0.15) is 0 Å². The van der Waals surface area contributed by atoms with Gasteiger partial charge < -0.3 is 4.98 Å². The number of nitrogens with zero attached hydrogens (tertiary/aromatic N) is 1. The summed E-state index contributed by atoms with van der Waals surface area (Å²) in [6.07, 6.45) is 3.70. The van der Waals surface area contributed by atoms with Gasteiger partial charge in [0.05, 0.1) is 11.6 Å². The summed E-state index contributed by atoms with van der Waals surface area (Å²) in [7, 11) is 0. The Morgan fingerprint density at radius 3 is 2.86 bits per heavy atom. The summed E-state index contributed by atoms with van der Waals surface area (Å²) < 4.78 is 3.27. The van der Waals surface area contributed by atoms with Crippen LogP contribution < -0.4 is 5.56 Å². The van der Waals surface area contributed by atoms with Crippen molar-refractivity contribution in [3.63, 3.8) is 0 Å². The number of aromatic nitrogens is 2. The summed E-state index contributed by atoms with van der Waals surface area (Å²) in [5.41, 5.74) is 1.29. The maximum Gasteiger partial charge on any atom is 0.272 e. The Morgan fingerprint density at radius 2 is 2.19 bits per heavy atom. The Kier molecular flexibility index (Phi) is 2.66. The molecule has 2 saturated carbocycles. The highest BCUT2D eigenvalue weighted by molar-refractivity contribution is 7.71. The minimum Gasteiger partial charge on any atom is -0.331 e. The average Bonchev–Trinajstić information content (AvgIpc) is 3.04. The molecule has 0 aliphatic heterocycles. The molecule has 0 radical (unpaired) electrons. The van der Waals surface area contributed by atoms with E-state index >= 15 is 0 Å². The number of fused-ring (bicyclic) bond motifs is 3. The predicted molar refractivity (Wildman–Crippen MR) is 89.5 cm³/mol. The third-order valence-electron chi connectivity index (χ3n) is 5.99. The van der Waals surface area contributed by atoms with E-state index in [1.54, 1.807) is 0 Å². The highest BCUT2D eigenvalue weighted by atomic mass is 32.1. The molecule has 1 N–H and O–H groups in total. The van der Waals surface area contributed by atoms with E-state index in [0.29, 0.717) is 10.7 Å². The largest absolute Gasteiger partial charge is 0.331 e. The fourth-order valence-electron chi connectivity index (χ4n) is 5.11. The number of hydrogen-bond donors (Lipinski definition) is 1. The molecule has 2 bridgehead atoms. The number of aromatic amines is 1. The van der Waals surface area contributed by atoms with Crippen molar-refractivity contribution in [3.8, 4) is 0 Å². The van der Waals surface area contributed by atoms with Gasteiger partial charge in [-0.3, -0.25) is 9.36 Å². The summed E-state index contributed by atoms with van der Waals surface area (Å²) in [5.74, 6) is 0.702. The van der Waals surface area contributed by atoms with Crippen molar-refractivity contribution >= 4 is 33.8 Å². The molecule has 3 nitrogen and oxygen atoms in total. The van der Waals surface area contributed by atoms with E-state index in [-0.39, 0.29) is 22.4 Å². The van der Waals surface area contributed by atoms with Crippen LogP contribution in [0.5, 0.6) is 0 Å². The van der Waals surface area contributed by atoms with Crippen LogP contribution in [0.1, 0.15) is 46.1 Å². The Morgan fingerprint density at radius 1 is 1.43 bits per heavy atom. The molecule has 2 aromatic rings. The number of H-pyrrole nitrogens is 1. The lowest BCUT2D eigenvalue weighted by Gasteiger charge is -2.43. The van der Waals surface area contributed by atoms with Crippen LogP contribution in [-0.4, -0.2) is 9.55 Å². The molecule has 112 valence electrons. The Bertz CT molecular complexity index is 839. The topological polar surface area (TPSA) is 37.8 Å². The summed E-state index contributed by atoms with van der Waals surface area (Å²) >= 11 is 7.05. The molecule has 2 aliphatic rings. The van der Waals surface area contributed by atoms with E-state index in [0.717, 1.165) is 10.2 Å². The molecular formula is C16H20N2OS2. The second kappa shape index (κ2) is 4.07. The SMILES string of the molecule is CC12CCC(C1)C(C)(C)C2n1c(=S)[nH]c2ccsc2c1=O. The normalized spacial score (nSPS) is 33.9. The van der Waals surface area contributed by atoms with Gasteiger partial charge in [-0.05, 0) is 59.7 Å². The number of thiophene rings is 1. The van der Waals surface area contributed by atoms with Gasteiger partial charge in [-0.15, -0.1) is 11.3 Å². The molecule has 3 atom stereocenters. The van der Waals surface area contributed by atoms with Crippen LogP contribution >= 0.6 is 23.6 Å². The predicted octanol–water partition coefficient (Wildman–Crippen LogP) is 4.51. The lowest BCUT2D eigenvalue weighted by atomic mass is 9.68. The third kappa shape index (κ3) is 1.65. The number of hydrogen-bond acceptors (Lipinski definition) is 3. The molecular weight excluding hydrogens is 300 g/mol. The first-order chi connectivity index (χ1) is 9.84. The quantitative estimate of drug-likeness (QED) is 0.785. The van der Waals surface area contributed by atoms with Crippen LogP contribution in [-0.2, 0) is 0 Å². The smallest absolute Gasteiger partial charge is 0.272 e. The molecule has 0 saturated heterocycles. The van der Waals surface area contributed by atoms with Crippen LogP contribution in [0.2, 0.25) is 0 Å². The lowest BCUT2D eigenvalue weighted by molar-refractivity contribution is 0.0791. The van der Waals surface area contributed by atoms with Crippen molar-refractivity contribution < 1.29 is 0 Å². The van der Waals surface area contributed by atoms with E-state index in [9.17, 15) is 4.79 Å². The first kappa shape index (κ1) is 13.7. The lowest BCUT2D eigenvalue weighted by Crippen LogP contribution is -2.42. The molecule has 0 aromatic carbocycles. The molecule has 4 rings (SSSR count). The number of rotatable bonds is 1. The maximum atomic E-state index is 13.0. The zero-order valence-electron chi connectivity index (χ0n) is 12.6. The fourth-order valence-corrected chi connectivity index (χ4v) is 6.19. The highest BCUT2D eigenvalue weighted by Crippen LogP contribution is 2.67. The van der Waals surface area contributed by atoms with Crippen molar-refractivity contribution in [2.45, 2.75) is 46.1 Å². The van der Waals surface area contributed by atoms with Gasteiger partial charge in [0, 0.05) is 0 Å². The van der Waals surface area contributed by atoms with Gasteiger partial charge in [-0.1, -0.05) is 20.8 Å². The molecule has 2 aliphatic carbocycles. The molecule has 3 unspecified atom stereocenters. The average molecular weight is 320 g/mol. The first-order valence-electron chi connectivity index (χ1n) is 7.57. The van der Waals surface area contributed by atoms with E-state index in [1.807, 2.05) is 16.0 Å². The summed E-state index contributed by atoms with van der Waals surface area (Å²) in [6, 6.07) is 2.14. The minimum atomic E-state index is 0.0931. The molecule has 2 heterocycles. The van der Waals surface area contributed by atoms with Crippen LogP contribution in [0.3, 0.4) is 0 Å². The van der Waals surface area contributed by atoms with Crippen molar-refractivity contribution in [3.05, 3.63) is 26.6 Å². The summed E-state index contributed by atoms with van der Waals surface area (Å²) in [6.45, 7) is 6.96. The molecule has 0 spiro atoms. The molecule has 5 heteroatoms. The van der Waals surface area contributed by atoms with E-state index in [4.69, 9.17) is 12.2 Å². The zero-order chi connectivity index (χ0) is 15.0. The highest BCUT2D eigenvalue weighted by Gasteiger charge is 2.60. The first-order valence-corrected chi connectivity index (χ1v) is 8.85. The zero-order valence-corrected chi connectivity index (χ0v) is 14.2. The fraction of sp³-hybridized carbons (Fsp3) is 0.625. The molecule has 2 aromatic heterocycles. The Labute approximate surface area is 133 Å². The molecule has 0 amide bonds. The van der Waals surface area contributed by atoms with Crippen LogP contribution in [0.25, 0.3) is 10.2 Å². The second-order valence-electron chi connectivity index (χ2n) is 7.59. The monoisotopic (exact) mass is 320 g/mol. The van der Waals surface area contributed by atoms with Gasteiger partial charge in [0.2, 0.25) is 0 Å². The van der Waals surface area contributed by atoms with E-state index in [1.165, 1.54) is 30.6 Å². The standard InChI is InChI=1S/C16H20N2OS2/c1-15(2)9-4-6-16(3,8-9)13(15)18-12(19)11-10(5-7-21-11)17-14(18)20/h5,7,9,13H,4,6,8H2,1-3H3,(H,17,20). The minimum absolute atomic E-state index is 0.0931. The third-order valence-corrected chi connectivity index (χ3v) is 7.19. The summed E-state index contributed by atoms with van der Waals surface area (Å²) in [5, 5.41) is 1.95. The number of nitrogens with one attached hydrogen (secondary N) is 1. The molecule has 21 heavy (non-hydrogen) atoms. The maximum absolute atomic E-state index is 13.0. The van der Waals surface area contributed by atoms with Gasteiger partial charge in [0.15, 0.2) is 4.77 Å². The van der Waals surface area contributed by atoms with E-state index in [2.05, 4.69) is 25.8 Å². The second-order valence-corrected chi connectivity index (χ2v) is 8.89. The van der Waals surface area contributed by atoms with Crippen LogP contribution in [0.4, 0.5) is 0 Å². The van der Waals surface area contributed by atoms with E-state index < -0.39 is 0 Å². The van der Waals surface area contributed by atoms with Gasteiger partial charge in [0.1, 0.15) is 4.70 Å². The van der Waals surface area contributed by atoms with Gasteiger partial charge >= 0.3 is 0 Å². The Balaban J connectivity index is 2.03. The van der Waals surface area contributed by atoms with Crippen molar-refractivity contribution in [1.82, 2.24) is 9.55 Å².